The summed E-state index contributed by atoms with van der Waals surface area (Å²) < 4.78 is 1.97. The third-order valence-corrected chi connectivity index (χ3v) is 6.59. The Morgan fingerprint density at radius 3 is 1.92 bits per heavy atom. The van der Waals surface area contributed by atoms with Crippen molar-refractivity contribution in [1.82, 2.24) is 30.2 Å². The highest BCUT2D eigenvalue weighted by molar-refractivity contribution is 5.78. The second kappa shape index (κ2) is 9.11. The fourth-order valence-electron chi connectivity index (χ4n) is 4.95. The van der Waals surface area contributed by atoms with Crippen molar-refractivity contribution in [1.29, 1.82) is 0 Å². The van der Waals surface area contributed by atoms with Crippen LogP contribution in [0.2, 0.25) is 0 Å². The Kier molecular flexibility index (Phi) is 5.50. The van der Waals surface area contributed by atoms with Gasteiger partial charge in [0.05, 0.1) is 6.20 Å². The van der Waals surface area contributed by atoms with Gasteiger partial charge in [-0.15, -0.1) is 5.10 Å². The first-order valence-corrected chi connectivity index (χ1v) is 11.9. The fourth-order valence-corrected chi connectivity index (χ4v) is 4.95. The van der Waals surface area contributed by atoms with Crippen LogP contribution >= 0.6 is 0 Å². The quantitative estimate of drug-likeness (QED) is 0.319. The molecular weight excluding hydrogens is 446 g/mol. The summed E-state index contributed by atoms with van der Waals surface area (Å²) in [5.74, 6) is 0.757. The summed E-state index contributed by atoms with van der Waals surface area (Å²) in [5.41, 5.74) is 6.00. The Bertz CT molecular complexity index is 1480. The van der Waals surface area contributed by atoms with E-state index in [9.17, 15) is 0 Å². The van der Waals surface area contributed by atoms with Crippen LogP contribution in [0.15, 0.2) is 109 Å². The zero-order valence-electron chi connectivity index (χ0n) is 19.8. The average Bonchev–Trinajstić information content (AvgIpc) is 3.62. The highest BCUT2D eigenvalue weighted by atomic mass is 15.5. The van der Waals surface area contributed by atoms with Crippen molar-refractivity contribution >= 4 is 17.0 Å². The highest BCUT2D eigenvalue weighted by Crippen LogP contribution is 2.42. The molecule has 0 fully saturated rings. The van der Waals surface area contributed by atoms with E-state index in [4.69, 9.17) is 15.3 Å². The Morgan fingerprint density at radius 1 is 0.833 bits per heavy atom. The van der Waals surface area contributed by atoms with Gasteiger partial charge in [-0.2, -0.15) is 5.10 Å². The number of nitrogens with one attached hydrogen (secondary N) is 2. The molecule has 7 nitrogen and oxygen atoms in total. The van der Waals surface area contributed by atoms with Gasteiger partial charge in [0.1, 0.15) is 16.9 Å². The smallest absolute Gasteiger partial charge is 0.182 e. The van der Waals surface area contributed by atoms with Crippen LogP contribution in [0.4, 0.5) is 5.82 Å². The Morgan fingerprint density at radius 2 is 1.42 bits per heavy atom. The van der Waals surface area contributed by atoms with Gasteiger partial charge in [0.15, 0.2) is 5.65 Å². The first kappa shape index (κ1) is 21.7. The number of aromatic nitrogens is 6. The summed E-state index contributed by atoms with van der Waals surface area (Å²) in [7, 11) is 1.88. The molecule has 0 spiro atoms. The van der Waals surface area contributed by atoms with Crippen LogP contribution < -0.4 is 5.32 Å². The lowest BCUT2D eigenvalue weighted by atomic mass is 9.77. The molecule has 0 radical (unpaired) electrons. The van der Waals surface area contributed by atoms with Crippen molar-refractivity contribution in [3.8, 4) is 0 Å². The number of aromatic amines is 1. The molecule has 0 saturated carbocycles. The number of benzene rings is 3. The lowest BCUT2D eigenvalue weighted by Crippen LogP contribution is -2.39. The monoisotopic (exact) mass is 471 g/mol. The van der Waals surface area contributed by atoms with Gasteiger partial charge in [0.2, 0.25) is 0 Å². The van der Waals surface area contributed by atoms with Crippen LogP contribution in [0, 0.1) is 0 Å². The average molecular weight is 472 g/mol. The van der Waals surface area contributed by atoms with Crippen LogP contribution in [-0.4, -0.2) is 37.2 Å². The lowest BCUT2D eigenvalue weighted by molar-refractivity contribution is 0.458. The minimum atomic E-state index is -0.787. The third-order valence-electron chi connectivity index (χ3n) is 6.59. The zero-order valence-corrected chi connectivity index (χ0v) is 19.8. The number of anilines is 1. The predicted molar refractivity (Wildman–Crippen MR) is 141 cm³/mol. The molecular formula is C29H25N7. The lowest BCUT2D eigenvalue weighted by Gasteiger charge is -2.36. The number of nitrogens with zero attached hydrogens (tertiary/aromatic N) is 5. The van der Waals surface area contributed by atoms with E-state index in [1.807, 2.05) is 48.4 Å². The standard InChI is InChI=1S/C29H25N7/c1-30-26-18-22(17-21-19-31-32-20-21)27-28(33-26)36(35-34-27)29(23-11-5-2-6-12-23,24-13-7-3-8-14-24)25-15-9-4-10-16-25/h2-16,18-20H,17H2,1H3,(H,30,33)(H,31,32). The summed E-state index contributed by atoms with van der Waals surface area (Å²) >= 11 is 0. The highest BCUT2D eigenvalue weighted by Gasteiger charge is 2.41. The number of hydrogen-bond donors (Lipinski definition) is 2. The topological polar surface area (TPSA) is 84.3 Å². The van der Waals surface area contributed by atoms with Gasteiger partial charge in [-0.3, -0.25) is 5.10 Å². The van der Waals surface area contributed by atoms with Crippen molar-refractivity contribution in [3.05, 3.63) is 137 Å². The van der Waals surface area contributed by atoms with Gasteiger partial charge in [0.25, 0.3) is 0 Å². The molecule has 6 aromatic rings. The van der Waals surface area contributed by atoms with Gasteiger partial charge in [-0.25, -0.2) is 9.67 Å². The maximum atomic E-state index is 4.99. The molecule has 3 heterocycles. The molecule has 3 aromatic carbocycles. The molecule has 176 valence electrons. The Balaban J connectivity index is 1.71. The van der Waals surface area contributed by atoms with Crippen molar-refractivity contribution in [2.24, 2.45) is 0 Å². The molecule has 0 aliphatic heterocycles. The van der Waals surface area contributed by atoms with Gasteiger partial charge < -0.3 is 5.32 Å². The molecule has 0 saturated heterocycles. The van der Waals surface area contributed by atoms with Gasteiger partial charge in [-0.1, -0.05) is 96.2 Å². The minimum Gasteiger partial charge on any atom is -0.373 e. The predicted octanol–water partition coefficient (Wildman–Crippen LogP) is 5.02. The molecule has 7 heteroatoms. The van der Waals surface area contributed by atoms with Crippen molar-refractivity contribution in [3.63, 3.8) is 0 Å². The third kappa shape index (κ3) is 3.53. The number of rotatable bonds is 7. The van der Waals surface area contributed by atoms with Gasteiger partial charge in [-0.05, 0) is 33.9 Å². The summed E-state index contributed by atoms with van der Waals surface area (Å²) in [6.07, 6.45) is 4.40. The van der Waals surface area contributed by atoms with E-state index in [2.05, 4.69) is 88.3 Å². The molecule has 0 amide bonds. The second-order valence-corrected chi connectivity index (χ2v) is 8.68. The van der Waals surface area contributed by atoms with Crippen molar-refractivity contribution < 1.29 is 0 Å². The second-order valence-electron chi connectivity index (χ2n) is 8.68. The van der Waals surface area contributed by atoms with E-state index in [0.29, 0.717) is 12.1 Å². The molecule has 36 heavy (non-hydrogen) atoms. The van der Waals surface area contributed by atoms with E-state index >= 15 is 0 Å². The first-order chi connectivity index (χ1) is 17.8. The Hall–Kier alpha value is -4.78. The van der Waals surface area contributed by atoms with E-state index in [1.54, 1.807) is 0 Å². The number of H-pyrrole nitrogens is 1. The summed E-state index contributed by atoms with van der Waals surface area (Å²) in [6, 6.07) is 33.3. The zero-order chi connectivity index (χ0) is 24.4. The van der Waals surface area contributed by atoms with Crippen molar-refractivity contribution in [2.45, 2.75) is 12.0 Å². The Labute approximate surface area is 208 Å². The van der Waals surface area contributed by atoms with Crippen LogP contribution in [0.1, 0.15) is 27.8 Å². The van der Waals surface area contributed by atoms with Gasteiger partial charge in [0, 0.05) is 19.7 Å². The van der Waals surface area contributed by atoms with E-state index in [-0.39, 0.29) is 0 Å². The molecule has 0 aliphatic rings. The summed E-state index contributed by atoms with van der Waals surface area (Å²) in [5, 5.41) is 19.8. The van der Waals surface area contributed by atoms with E-state index < -0.39 is 5.54 Å². The molecule has 6 rings (SSSR count). The molecule has 0 atom stereocenters. The molecule has 0 aliphatic carbocycles. The molecule has 2 N–H and O–H groups in total. The summed E-state index contributed by atoms with van der Waals surface area (Å²) in [6.45, 7) is 0. The maximum absolute atomic E-state index is 4.99. The first-order valence-electron chi connectivity index (χ1n) is 11.9. The van der Waals surface area contributed by atoms with Crippen LogP contribution in [0.5, 0.6) is 0 Å². The minimum absolute atomic E-state index is 0.665. The number of fused-ring (bicyclic) bond motifs is 1. The summed E-state index contributed by atoms with van der Waals surface area (Å²) in [4.78, 5) is 4.99. The maximum Gasteiger partial charge on any atom is 0.182 e. The van der Waals surface area contributed by atoms with Crippen LogP contribution in [0.25, 0.3) is 11.2 Å². The SMILES string of the molecule is CNc1cc(Cc2cn[nH]c2)c2nnn(C(c3ccccc3)(c3ccccc3)c3ccccc3)c2n1. The van der Waals surface area contributed by atoms with Crippen LogP contribution in [-0.2, 0) is 12.0 Å². The van der Waals surface area contributed by atoms with Crippen molar-refractivity contribution in [2.75, 3.05) is 12.4 Å². The van der Waals surface area contributed by atoms with Gasteiger partial charge >= 0.3 is 0 Å². The molecule has 0 bridgehead atoms. The largest absolute Gasteiger partial charge is 0.373 e. The number of pyridine rings is 1. The fraction of sp³-hybridized carbons (Fsp3) is 0.103. The normalized spacial score (nSPS) is 11.6. The van der Waals surface area contributed by atoms with Crippen LogP contribution in [0.3, 0.4) is 0 Å². The number of hydrogen-bond acceptors (Lipinski definition) is 5. The molecule has 3 aromatic heterocycles. The van der Waals surface area contributed by atoms with E-state index in [0.717, 1.165) is 39.2 Å². The van der Waals surface area contributed by atoms with E-state index in [1.165, 1.54) is 0 Å². The molecule has 0 unspecified atom stereocenters.